The van der Waals surface area contributed by atoms with Gasteiger partial charge in [0.25, 0.3) is 0 Å². The van der Waals surface area contributed by atoms with Gasteiger partial charge in [0, 0.05) is 26.7 Å². The number of hydrogen-bond acceptors (Lipinski definition) is 4. The average Bonchev–Trinajstić information content (AvgIpc) is 3.08. The second kappa shape index (κ2) is 7.84. The molecule has 1 aliphatic heterocycles. The van der Waals surface area contributed by atoms with E-state index in [9.17, 15) is 0 Å². The molecule has 7 heteroatoms. The summed E-state index contributed by atoms with van der Waals surface area (Å²) in [5.74, 6) is 1.66. The van der Waals surface area contributed by atoms with Crippen molar-refractivity contribution in [2.24, 2.45) is 12.0 Å². The molecule has 2 rings (SSSR count). The zero-order valence-electron chi connectivity index (χ0n) is 12.3. The summed E-state index contributed by atoms with van der Waals surface area (Å²) < 4.78 is 7.34. The van der Waals surface area contributed by atoms with Gasteiger partial charge in [0.2, 0.25) is 0 Å². The molecular formula is C13H24N6O. The van der Waals surface area contributed by atoms with Crippen molar-refractivity contribution >= 4 is 5.96 Å². The van der Waals surface area contributed by atoms with E-state index < -0.39 is 0 Å². The van der Waals surface area contributed by atoms with Gasteiger partial charge in [-0.05, 0) is 26.2 Å². The first-order valence-electron chi connectivity index (χ1n) is 7.26. The first-order chi connectivity index (χ1) is 9.79. The van der Waals surface area contributed by atoms with Crippen LogP contribution in [0.25, 0.3) is 0 Å². The number of ether oxygens (including phenoxy) is 1. The highest BCUT2D eigenvalue weighted by Gasteiger charge is 2.14. The number of guanidine groups is 1. The van der Waals surface area contributed by atoms with E-state index in [1.807, 2.05) is 7.05 Å². The Morgan fingerprint density at radius 3 is 3.10 bits per heavy atom. The van der Waals surface area contributed by atoms with Crippen LogP contribution in [0.4, 0.5) is 0 Å². The molecule has 0 spiro atoms. The summed E-state index contributed by atoms with van der Waals surface area (Å²) in [6.07, 6.45) is 5.33. The van der Waals surface area contributed by atoms with Crippen LogP contribution in [0.15, 0.2) is 11.3 Å². The van der Waals surface area contributed by atoms with E-state index in [-0.39, 0.29) is 0 Å². The first kappa shape index (κ1) is 14.8. The lowest BCUT2D eigenvalue weighted by molar-refractivity contribution is 0.105. The molecule has 7 nitrogen and oxygen atoms in total. The van der Waals surface area contributed by atoms with Crippen LogP contribution in [0.2, 0.25) is 0 Å². The number of aryl methyl sites for hydroxylation is 1. The number of aliphatic imine (C=N–C) groups is 1. The fraction of sp³-hybridized carbons (Fsp3) is 0.769. The molecule has 0 radical (unpaired) electrons. The Hall–Kier alpha value is -1.63. The van der Waals surface area contributed by atoms with E-state index in [0.29, 0.717) is 12.6 Å². The quantitative estimate of drug-likeness (QED) is 0.584. The maximum atomic E-state index is 5.61. The summed E-state index contributed by atoms with van der Waals surface area (Å²) in [4.78, 5) is 8.67. The Morgan fingerprint density at radius 1 is 1.55 bits per heavy atom. The molecule has 2 heterocycles. The fourth-order valence-corrected chi connectivity index (χ4v) is 2.18. The topological polar surface area (TPSA) is 76.4 Å². The van der Waals surface area contributed by atoms with Crippen LogP contribution in [0.1, 0.15) is 32.0 Å². The molecule has 0 saturated carbocycles. The van der Waals surface area contributed by atoms with E-state index in [4.69, 9.17) is 4.74 Å². The van der Waals surface area contributed by atoms with Crippen molar-refractivity contribution in [3.8, 4) is 0 Å². The summed E-state index contributed by atoms with van der Waals surface area (Å²) in [7, 11) is 1.87. The number of nitrogens with zero attached hydrogens (tertiary/aromatic N) is 4. The van der Waals surface area contributed by atoms with Crippen molar-refractivity contribution in [3.63, 3.8) is 0 Å². The van der Waals surface area contributed by atoms with Gasteiger partial charge < -0.3 is 15.4 Å². The molecule has 0 aliphatic carbocycles. The van der Waals surface area contributed by atoms with Gasteiger partial charge in [-0.15, -0.1) is 0 Å². The van der Waals surface area contributed by atoms with E-state index in [0.717, 1.165) is 37.9 Å². The molecule has 1 aromatic heterocycles. The van der Waals surface area contributed by atoms with Gasteiger partial charge in [0.1, 0.15) is 18.7 Å². The van der Waals surface area contributed by atoms with Gasteiger partial charge in [-0.3, -0.25) is 4.68 Å². The third kappa shape index (κ3) is 4.48. The second-order valence-corrected chi connectivity index (χ2v) is 4.85. The lowest BCUT2D eigenvalue weighted by Crippen LogP contribution is -2.38. The van der Waals surface area contributed by atoms with Gasteiger partial charge in [-0.25, -0.2) is 9.98 Å². The predicted molar refractivity (Wildman–Crippen MR) is 77.4 cm³/mol. The largest absolute Gasteiger partial charge is 0.378 e. The van der Waals surface area contributed by atoms with E-state index in [1.54, 1.807) is 11.0 Å². The van der Waals surface area contributed by atoms with E-state index in [2.05, 4.69) is 32.6 Å². The number of hydrogen-bond donors (Lipinski definition) is 2. The van der Waals surface area contributed by atoms with Gasteiger partial charge in [0.15, 0.2) is 5.96 Å². The Morgan fingerprint density at radius 2 is 2.45 bits per heavy atom. The highest BCUT2D eigenvalue weighted by molar-refractivity contribution is 5.79. The highest BCUT2D eigenvalue weighted by atomic mass is 16.5. The van der Waals surface area contributed by atoms with Crippen LogP contribution >= 0.6 is 0 Å². The summed E-state index contributed by atoms with van der Waals surface area (Å²) in [5.41, 5.74) is 0. The van der Waals surface area contributed by atoms with Crippen molar-refractivity contribution in [1.82, 2.24) is 25.4 Å². The lowest BCUT2D eigenvalue weighted by atomic mass is 10.2. The van der Waals surface area contributed by atoms with Gasteiger partial charge >= 0.3 is 0 Å². The van der Waals surface area contributed by atoms with Gasteiger partial charge in [-0.2, -0.15) is 5.10 Å². The highest BCUT2D eigenvalue weighted by Crippen LogP contribution is 2.14. The minimum atomic E-state index is 0.407. The summed E-state index contributed by atoms with van der Waals surface area (Å²) in [6.45, 7) is 5.19. The van der Waals surface area contributed by atoms with Crippen molar-refractivity contribution in [2.75, 3.05) is 19.7 Å². The average molecular weight is 280 g/mol. The molecule has 2 N–H and O–H groups in total. The van der Waals surface area contributed by atoms with Gasteiger partial charge in [-0.1, -0.05) is 0 Å². The lowest BCUT2D eigenvalue weighted by Gasteiger charge is -2.13. The predicted octanol–water partition coefficient (Wildman–Crippen LogP) is 0.439. The smallest absolute Gasteiger partial charge is 0.191 e. The monoisotopic (exact) mass is 280 g/mol. The maximum Gasteiger partial charge on any atom is 0.191 e. The zero-order chi connectivity index (χ0) is 14.2. The third-order valence-corrected chi connectivity index (χ3v) is 3.31. The molecule has 1 aromatic rings. The molecule has 0 amide bonds. The van der Waals surface area contributed by atoms with Gasteiger partial charge in [0.05, 0.1) is 6.10 Å². The standard InChI is InChI=1S/C13H24N6O/c1-3-14-13(15-7-6-11-5-4-8-20-11)16-9-12-17-10-18-19(12)2/h10-11H,3-9H2,1-2H3,(H2,14,15,16). The van der Waals surface area contributed by atoms with Crippen molar-refractivity contribution < 1.29 is 4.74 Å². The number of rotatable bonds is 6. The molecule has 1 fully saturated rings. The summed E-state index contributed by atoms with van der Waals surface area (Å²) in [5, 5.41) is 10.6. The Bertz CT molecular complexity index is 424. The molecule has 112 valence electrons. The van der Waals surface area contributed by atoms with Crippen LogP contribution in [0.3, 0.4) is 0 Å². The number of nitrogens with one attached hydrogen (secondary N) is 2. The first-order valence-corrected chi connectivity index (χ1v) is 7.26. The van der Waals surface area contributed by atoms with Crippen LogP contribution in [-0.4, -0.2) is 46.5 Å². The Kier molecular flexibility index (Phi) is 5.79. The number of aromatic nitrogens is 3. The van der Waals surface area contributed by atoms with E-state index in [1.165, 1.54) is 12.8 Å². The molecule has 0 bridgehead atoms. The molecular weight excluding hydrogens is 256 g/mol. The third-order valence-electron chi connectivity index (χ3n) is 3.31. The molecule has 1 unspecified atom stereocenters. The second-order valence-electron chi connectivity index (χ2n) is 4.85. The fourth-order valence-electron chi connectivity index (χ4n) is 2.18. The van der Waals surface area contributed by atoms with Crippen LogP contribution in [0.5, 0.6) is 0 Å². The molecule has 1 saturated heterocycles. The zero-order valence-corrected chi connectivity index (χ0v) is 12.3. The molecule has 1 aliphatic rings. The summed E-state index contributed by atoms with van der Waals surface area (Å²) >= 11 is 0. The van der Waals surface area contributed by atoms with Crippen LogP contribution in [0, 0.1) is 0 Å². The minimum Gasteiger partial charge on any atom is -0.378 e. The normalized spacial score (nSPS) is 19.3. The minimum absolute atomic E-state index is 0.407. The Balaban J connectivity index is 1.78. The maximum absolute atomic E-state index is 5.61. The SMILES string of the molecule is CCNC(=NCc1ncnn1C)NCCC1CCCO1. The summed E-state index contributed by atoms with van der Waals surface area (Å²) in [6, 6.07) is 0. The molecule has 20 heavy (non-hydrogen) atoms. The van der Waals surface area contributed by atoms with Crippen LogP contribution < -0.4 is 10.6 Å². The van der Waals surface area contributed by atoms with Crippen molar-refractivity contribution in [1.29, 1.82) is 0 Å². The van der Waals surface area contributed by atoms with Crippen LogP contribution in [-0.2, 0) is 18.3 Å². The Labute approximate surface area is 119 Å². The van der Waals surface area contributed by atoms with E-state index >= 15 is 0 Å². The van der Waals surface area contributed by atoms with Crippen molar-refractivity contribution in [2.45, 2.75) is 38.8 Å². The molecule has 0 aromatic carbocycles. The molecule has 1 atom stereocenters. The van der Waals surface area contributed by atoms with Crippen molar-refractivity contribution in [3.05, 3.63) is 12.2 Å².